The van der Waals surface area contributed by atoms with Crippen LogP contribution in [0.2, 0.25) is 0 Å². The molecule has 2 heterocycles. The third-order valence-electron chi connectivity index (χ3n) is 5.45. The number of rotatable bonds is 6. The highest BCUT2D eigenvalue weighted by Crippen LogP contribution is 2.35. The molecule has 0 bridgehead atoms. The van der Waals surface area contributed by atoms with Gasteiger partial charge in [0.1, 0.15) is 11.5 Å². The van der Waals surface area contributed by atoms with E-state index in [9.17, 15) is 14.9 Å². The topological polar surface area (TPSA) is 91.1 Å². The molecule has 0 N–H and O–H groups in total. The number of nitro benzene ring substituents is 1. The van der Waals surface area contributed by atoms with Crippen LogP contribution >= 0.6 is 0 Å². The van der Waals surface area contributed by atoms with Crippen LogP contribution in [0.4, 0.5) is 5.69 Å². The van der Waals surface area contributed by atoms with Crippen LogP contribution in [0.3, 0.4) is 0 Å². The SMILES string of the molecule is CCOc1ccc(C2CCCN2C(=O)/C=C/c2cc([N+](=O)[O-])cc3c2OCOC3)cc1. The summed E-state index contributed by atoms with van der Waals surface area (Å²) >= 11 is 0. The first-order valence-corrected chi connectivity index (χ1v) is 10.3. The number of hydrogen-bond donors (Lipinski definition) is 0. The Balaban J connectivity index is 1.54. The van der Waals surface area contributed by atoms with Gasteiger partial charge in [-0.2, -0.15) is 0 Å². The van der Waals surface area contributed by atoms with E-state index in [1.165, 1.54) is 18.2 Å². The molecule has 2 aromatic rings. The average molecular weight is 424 g/mol. The number of carbonyl (C=O) groups is 1. The van der Waals surface area contributed by atoms with Crippen molar-refractivity contribution in [2.75, 3.05) is 19.9 Å². The van der Waals surface area contributed by atoms with Crippen molar-refractivity contribution >= 4 is 17.7 Å². The van der Waals surface area contributed by atoms with Crippen molar-refractivity contribution in [2.24, 2.45) is 0 Å². The molecule has 0 spiro atoms. The number of nitrogens with zero attached hydrogens (tertiary/aromatic N) is 2. The number of amides is 1. The van der Waals surface area contributed by atoms with Gasteiger partial charge in [-0.1, -0.05) is 12.1 Å². The first-order valence-electron chi connectivity index (χ1n) is 10.3. The Bertz CT molecular complexity index is 1000. The predicted molar refractivity (Wildman–Crippen MR) is 114 cm³/mol. The molecule has 4 rings (SSSR count). The highest BCUT2D eigenvalue weighted by atomic mass is 16.7. The standard InChI is InChI=1S/C23H24N2O6/c1-2-30-20-8-5-16(6-9-20)21-4-3-11-24(21)22(26)10-7-17-12-19(25(27)28)13-18-14-29-15-31-23(17)18/h5-10,12-13,21H,2-4,11,14-15H2,1H3/b10-7+. The van der Waals surface area contributed by atoms with Crippen molar-refractivity contribution in [2.45, 2.75) is 32.4 Å². The van der Waals surface area contributed by atoms with Gasteiger partial charge in [-0.15, -0.1) is 0 Å². The molecule has 0 saturated carbocycles. The van der Waals surface area contributed by atoms with Crippen LogP contribution in [0, 0.1) is 10.1 Å². The van der Waals surface area contributed by atoms with Gasteiger partial charge >= 0.3 is 0 Å². The van der Waals surface area contributed by atoms with Crippen molar-refractivity contribution < 1.29 is 23.9 Å². The van der Waals surface area contributed by atoms with Crippen LogP contribution < -0.4 is 9.47 Å². The van der Waals surface area contributed by atoms with Crippen LogP contribution in [0.25, 0.3) is 6.08 Å². The summed E-state index contributed by atoms with van der Waals surface area (Å²) in [4.78, 5) is 25.6. The van der Waals surface area contributed by atoms with E-state index >= 15 is 0 Å². The summed E-state index contributed by atoms with van der Waals surface area (Å²) in [5.41, 5.74) is 2.10. The molecular formula is C23H24N2O6. The van der Waals surface area contributed by atoms with Gasteiger partial charge in [-0.3, -0.25) is 14.9 Å². The second-order valence-corrected chi connectivity index (χ2v) is 7.42. The molecule has 2 aliphatic rings. The van der Waals surface area contributed by atoms with Gasteiger partial charge in [0.2, 0.25) is 5.91 Å². The number of fused-ring (bicyclic) bond motifs is 1. The van der Waals surface area contributed by atoms with Crippen LogP contribution in [-0.2, 0) is 16.1 Å². The summed E-state index contributed by atoms with van der Waals surface area (Å²) < 4.78 is 16.3. The number of ether oxygens (including phenoxy) is 3. The van der Waals surface area contributed by atoms with Crippen LogP contribution in [0.15, 0.2) is 42.5 Å². The van der Waals surface area contributed by atoms with E-state index in [0.717, 1.165) is 24.2 Å². The van der Waals surface area contributed by atoms with E-state index in [1.54, 1.807) is 6.08 Å². The van der Waals surface area contributed by atoms with E-state index in [-0.39, 0.29) is 31.0 Å². The Morgan fingerprint density at radius 3 is 2.87 bits per heavy atom. The van der Waals surface area contributed by atoms with Gasteiger partial charge in [-0.25, -0.2) is 0 Å². The van der Waals surface area contributed by atoms with E-state index in [1.807, 2.05) is 36.1 Å². The minimum Gasteiger partial charge on any atom is -0.494 e. The Hall–Kier alpha value is -3.39. The van der Waals surface area contributed by atoms with Gasteiger partial charge < -0.3 is 19.1 Å². The zero-order valence-corrected chi connectivity index (χ0v) is 17.3. The van der Waals surface area contributed by atoms with Crippen molar-refractivity contribution in [1.82, 2.24) is 4.90 Å². The lowest BCUT2D eigenvalue weighted by molar-refractivity contribution is -0.385. The van der Waals surface area contributed by atoms with Gasteiger partial charge in [0.15, 0.2) is 6.79 Å². The number of nitro groups is 1. The molecule has 1 unspecified atom stereocenters. The monoisotopic (exact) mass is 424 g/mol. The molecule has 0 radical (unpaired) electrons. The smallest absolute Gasteiger partial charge is 0.270 e. The molecule has 8 nitrogen and oxygen atoms in total. The number of carbonyl (C=O) groups excluding carboxylic acids is 1. The van der Waals surface area contributed by atoms with E-state index in [2.05, 4.69) is 0 Å². The minimum absolute atomic E-state index is 0.00324. The quantitative estimate of drug-likeness (QED) is 0.391. The molecule has 2 aliphatic heterocycles. The molecule has 0 aromatic heterocycles. The van der Waals surface area contributed by atoms with Crippen molar-refractivity contribution in [3.63, 3.8) is 0 Å². The first-order chi connectivity index (χ1) is 15.1. The number of benzene rings is 2. The third kappa shape index (κ3) is 4.54. The van der Waals surface area contributed by atoms with E-state index < -0.39 is 4.92 Å². The van der Waals surface area contributed by atoms with Crippen LogP contribution in [0.5, 0.6) is 11.5 Å². The molecule has 1 saturated heterocycles. The maximum Gasteiger partial charge on any atom is 0.270 e. The van der Waals surface area contributed by atoms with Crippen molar-refractivity contribution in [3.05, 3.63) is 69.3 Å². The summed E-state index contributed by atoms with van der Waals surface area (Å²) in [7, 11) is 0. The van der Waals surface area contributed by atoms with E-state index in [4.69, 9.17) is 14.2 Å². The molecule has 1 atom stereocenters. The zero-order chi connectivity index (χ0) is 21.8. The lowest BCUT2D eigenvalue weighted by Crippen LogP contribution is -2.28. The van der Waals surface area contributed by atoms with Gasteiger partial charge in [0.25, 0.3) is 5.69 Å². The fraction of sp³-hybridized carbons (Fsp3) is 0.348. The molecule has 1 fully saturated rings. The second kappa shape index (κ2) is 9.18. The van der Waals surface area contributed by atoms with Crippen LogP contribution in [0.1, 0.15) is 42.5 Å². The lowest BCUT2D eigenvalue weighted by Gasteiger charge is -2.24. The third-order valence-corrected chi connectivity index (χ3v) is 5.45. The highest BCUT2D eigenvalue weighted by molar-refractivity contribution is 5.93. The summed E-state index contributed by atoms with van der Waals surface area (Å²) in [5.74, 6) is 1.19. The molecule has 8 heteroatoms. The molecule has 162 valence electrons. The summed E-state index contributed by atoms with van der Waals surface area (Å²) in [6.07, 6.45) is 4.86. The molecule has 1 amide bonds. The molecule has 31 heavy (non-hydrogen) atoms. The summed E-state index contributed by atoms with van der Waals surface area (Å²) in [6.45, 7) is 3.52. The van der Waals surface area contributed by atoms with Gasteiger partial charge in [0.05, 0.1) is 24.2 Å². The Morgan fingerprint density at radius 1 is 1.32 bits per heavy atom. The molecular weight excluding hydrogens is 400 g/mol. The fourth-order valence-electron chi connectivity index (χ4n) is 4.05. The summed E-state index contributed by atoms with van der Waals surface area (Å²) in [5, 5.41) is 11.3. The minimum atomic E-state index is -0.462. The Labute approximate surface area is 180 Å². The Morgan fingerprint density at radius 2 is 2.13 bits per heavy atom. The average Bonchev–Trinajstić information content (AvgIpc) is 3.28. The predicted octanol–water partition coefficient (Wildman–Crippen LogP) is 4.24. The van der Waals surface area contributed by atoms with E-state index in [0.29, 0.717) is 30.0 Å². The Kier molecular flexibility index (Phi) is 6.18. The lowest BCUT2D eigenvalue weighted by atomic mass is 10.0. The highest BCUT2D eigenvalue weighted by Gasteiger charge is 2.29. The molecule has 2 aromatic carbocycles. The largest absolute Gasteiger partial charge is 0.494 e. The van der Waals surface area contributed by atoms with Gasteiger partial charge in [0, 0.05) is 35.9 Å². The fourth-order valence-corrected chi connectivity index (χ4v) is 4.05. The number of hydrogen-bond acceptors (Lipinski definition) is 6. The van der Waals surface area contributed by atoms with Crippen molar-refractivity contribution in [3.8, 4) is 11.5 Å². The molecule has 0 aliphatic carbocycles. The maximum atomic E-state index is 13.0. The number of likely N-dealkylation sites (tertiary alicyclic amines) is 1. The second-order valence-electron chi connectivity index (χ2n) is 7.42. The summed E-state index contributed by atoms with van der Waals surface area (Å²) in [6, 6.07) is 10.7. The maximum absolute atomic E-state index is 13.0. The van der Waals surface area contributed by atoms with Gasteiger partial charge in [-0.05, 0) is 43.5 Å². The first kappa shape index (κ1) is 20.9. The number of non-ortho nitro benzene ring substituents is 1. The zero-order valence-electron chi connectivity index (χ0n) is 17.3. The van der Waals surface area contributed by atoms with Crippen molar-refractivity contribution in [1.29, 1.82) is 0 Å². The normalized spacial score (nSPS) is 18.0. The van der Waals surface area contributed by atoms with Crippen LogP contribution in [-0.4, -0.2) is 35.7 Å².